The van der Waals surface area contributed by atoms with Gasteiger partial charge in [-0.2, -0.15) is 0 Å². The van der Waals surface area contributed by atoms with Gasteiger partial charge in [0.25, 0.3) is 5.91 Å². The molecule has 4 aromatic carbocycles. The van der Waals surface area contributed by atoms with E-state index in [1.54, 1.807) is 12.0 Å². The van der Waals surface area contributed by atoms with Crippen LogP contribution in [0.5, 0.6) is 5.75 Å². The number of fused-ring (bicyclic) bond motifs is 2. The summed E-state index contributed by atoms with van der Waals surface area (Å²) in [4.78, 5) is 30.8. The van der Waals surface area contributed by atoms with Crippen molar-refractivity contribution in [1.82, 2.24) is 15.0 Å². The van der Waals surface area contributed by atoms with Crippen LogP contribution in [-0.4, -0.2) is 73.1 Å². The molecule has 0 saturated carbocycles. The minimum Gasteiger partial charge on any atom is -0.497 e. The lowest BCUT2D eigenvalue weighted by atomic mass is 9.82. The van der Waals surface area contributed by atoms with E-state index in [4.69, 9.17) is 25.8 Å². The van der Waals surface area contributed by atoms with E-state index in [1.165, 1.54) is 5.19 Å². The number of anilines is 2. The lowest BCUT2D eigenvalue weighted by Crippen LogP contribution is -2.51. The Balaban J connectivity index is 1.13. The molecule has 1 aromatic heterocycles. The van der Waals surface area contributed by atoms with Crippen LogP contribution in [0.25, 0.3) is 0 Å². The van der Waals surface area contributed by atoms with Gasteiger partial charge < -0.3 is 24.2 Å². The zero-order valence-electron chi connectivity index (χ0n) is 32.0. The quantitative estimate of drug-likeness (QED) is 0.136. The summed E-state index contributed by atoms with van der Waals surface area (Å²) in [6.45, 7) is 8.49. The standard InChI is InChI=1S/C43H46ClN5O6Si/c1-28-40(56(3,4)34-17-15-33(53-2)16-18-34)39(20-21-47-26-37(45-46-47)35(27-50)30-8-6-5-7-9-30)55-43(28)36-24-31(44)12-19-38(36)49(41(43)51)25-29-10-13-32(14-11-29)48-22-23-54-42(48)52/h5-19,24,26,28,35,39-40,50H,20-23,25,27H2,1-4H3/t28-,35?,39+,40-,43+/m1/s1. The van der Waals surface area contributed by atoms with Crippen LogP contribution in [0.1, 0.15) is 41.6 Å². The van der Waals surface area contributed by atoms with E-state index < -0.39 is 13.7 Å². The Labute approximate surface area is 332 Å². The minimum absolute atomic E-state index is 0.0172. The highest BCUT2D eigenvalue weighted by atomic mass is 35.5. The fourth-order valence-corrected chi connectivity index (χ4v) is 13.4. The lowest BCUT2D eigenvalue weighted by molar-refractivity contribution is -0.146. The molecule has 2 amide bonds. The van der Waals surface area contributed by atoms with E-state index in [9.17, 15) is 9.90 Å². The molecule has 56 heavy (non-hydrogen) atoms. The number of rotatable bonds is 12. The second-order valence-corrected chi connectivity index (χ2v) is 20.6. The monoisotopic (exact) mass is 791 g/mol. The summed E-state index contributed by atoms with van der Waals surface area (Å²) in [7, 11) is -0.726. The molecule has 8 rings (SSSR count). The molecule has 4 heterocycles. The van der Waals surface area contributed by atoms with Crippen LogP contribution < -0.4 is 19.7 Å². The fourth-order valence-electron chi connectivity index (χ4n) is 9.20. The van der Waals surface area contributed by atoms with Gasteiger partial charge in [0.15, 0.2) is 5.60 Å². The first-order valence-corrected chi connectivity index (χ1v) is 22.5. The number of hydrogen-bond donors (Lipinski definition) is 1. The van der Waals surface area contributed by atoms with E-state index in [1.807, 2.05) is 101 Å². The van der Waals surface area contributed by atoms with Crippen molar-refractivity contribution in [2.24, 2.45) is 5.92 Å². The molecular formula is C43H46ClN5O6Si. The number of carbonyl (C=O) groups excluding carboxylic acids is 2. The summed E-state index contributed by atoms with van der Waals surface area (Å²) in [6, 6.07) is 31.5. The molecule has 3 aliphatic heterocycles. The Kier molecular flexibility index (Phi) is 10.2. The number of carbonyl (C=O) groups is 2. The maximum Gasteiger partial charge on any atom is 0.414 e. The van der Waals surface area contributed by atoms with Gasteiger partial charge in [0.05, 0.1) is 58.3 Å². The van der Waals surface area contributed by atoms with E-state index in [-0.39, 0.29) is 42.1 Å². The van der Waals surface area contributed by atoms with Gasteiger partial charge in [-0.1, -0.05) is 96.6 Å². The molecule has 3 aliphatic rings. The smallest absolute Gasteiger partial charge is 0.414 e. The summed E-state index contributed by atoms with van der Waals surface area (Å²) in [6.07, 6.45) is 1.83. The third-order valence-electron chi connectivity index (χ3n) is 12.1. The van der Waals surface area contributed by atoms with Crippen LogP contribution >= 0.6 is 11.6 Å². The number of aryl methyl sites for hydroxylation is 1. The molecule has 1 unspecified atom stereocenters. The molecule has 290 valence electrons. The first-order valence-electron chi connectivity index (χ1n) is 19.1. The molecule has 1 N–H and O–H groups in total. The van der Waals surface area contributed by atoms with Gasteiger partial charge in [0.1, 0.15) is 12.4 Å². The van der Waals surface area contributed by atoms with Crippen LogP contribution in [0.2, 0.25) is 23.7 Å². The Bertz CT molecular complexity index is 2220. The van der Waals surface area contributed by atoms with Crippen LogP contribution in [0.15, 0.2) is 103 Å². The van der Waals surface area contributed by atoms with Crippen molar-refractivity contribution in [2.75, 3.05) is 36.7 Å². The summed E-state index contributed by atoms with van der Waals surface area (Å²) < 4.78 is 19.8. The highest BCUT2D eigenvalue weighted by Crippen LogP contribution is 2.60. The van der Waals surface area contributed by atoms with Gasteiger partial charge in [-0.25, -0.2) is 4.79 Å². The molecule has 2 saturated heterocycles. The summed E-state index contributed by atoms with van der Waals surface area (Å²) >= 11 is 6.72. The maximum absolute atomic E-state index is 15.2. The average molecular weight is 792 g/mol. The SMILES string of the molecule is COc1ccc([Si](C)(C)[C@H]2[C@H](CCn3cc(C(CO)c4ccccc4)nn3)O[C@@]3(C(=O)N(Cc4ccc(N5CCOC5=O)cc4)c4ccc(Cl)cc43)[C@@H]2C)cc1. The molecule has 11 nitrogen and oxygen atoms in total. The maximum atomic E-state index is 15.2. The van der Waals surface area contributed by atoms with Crippen LogP contribution in [-0.2, 0) is 33.0 Å². The fraction of sp³-hybridized carbons (Fsp3) is 0.349. The first kappa shape index (κ1) is 37.9. The van der Waals surface area contributed by atoms with Gasteiger partial charge in [-0.05, 0) is 65.6 Å². The van der Waals surface area contributed by atoms with Gasteiger partial charge in [-0.15, -0.1) is 5.10 Å². The first-order chi connectivity index (χ1) is 27.0. The molecule has 13 heteroatoms. The zero-order valence-corrected chi connectivity index (χ0v) is 33.7. The normalized spacial score (nSPS) is 22.5. The van der Waals surface area contributed by atoms with E-state index in [0.717, 1.165) is 33.8 Å². The van der Waals surface area contributed by atoms with Crippen molar-refractivity contribution in [3.05, 3.63) is 131 Å². The lowest BCUT2D eigenvalue weighted by Gasteiger charge is -2.37. The van der Waals surface area contributed by atoms with E-state index >= 15 is 4.79 Å². The molecule has 5 aromatic rings. The number of ether oxygens (including phenoxy) is 3. The average Bonchev–Trinajstić information content (AvgIpc) is 3.98. The number of aliphatic hydroxyl groups is 1. The van der Waals surface area contributed by atoms with Gasteiger partial charge >= 0.3 is 6.09 Å². The van der Waals surface area contributed by atoms with Crippen molar-refractivity contribution in [1.29, 1.82) is 0 Å². The van der Waals surface area contributed by atoms with Gasteiger partial charge in [0, 0.05) is 34.9 Å². The van der Waals surface area contributed by atoms with Crippen LogP contribution in [0.3, 0.4) is 0 Å². The Hall–Kier alpha value is -5.01. The number of benzene rings is 4. The molecule has 0 radical (unpaired) electrons. The number of amides is 2. The summed E-state index contributed by atoms with van der Waals surface area (Å²) in [5.41, 5.74) is 3.64. The summed E-state index contributed by atoms with van der Waals surface area (Å²) in [5.74, 6) is 0.178. The van der Waals surface area contributed by atoms with E-state index in [2.05, 4.69) is 42.5 Å². The van der Waals surface area contributed by atoms with Gasteiger partial charge in [-0.3, -0.25) is 14.4 Å². The van der Waals surface area contributed by atoms with Crippen molar-refractivity contribution < 1.29 is 28.9 Å². The van der Waals surface area contributed by atoms with Crippen molar-refractivity contribution in [3.63, 3.8) is 0 Å². The predicted molar refractivity (Wildman–Crippen MR) is 217 cm³/mol. The Morgan fingerprint density at radius 3 is 2.45 bits per heavy atom. The van der Waals surface area contributed by atoms with Crippen molar-refractivity contribution in [2.45, 2.75) is 62.7 Å². The zero-order chi connectivity index (χ0) is 39.2. The molecule has 5 atom stereocenters. The number of cyclic esters (lactones) is 1. The molecule has 1 spiro atoms. The van der Waals surface area contributed by atoms with Crippen LogP contribution in [0.4, 0.5) is 16.2 Å². The Morgan fingerprint density at radius 1 is 1.02 bits per heavy atom. The van der Waals surface area contributed by atoms with E-state index in [0.29, 0.717) is 43.4 Å². The minimum atomic E-state index is -2.39. The third-order valence-corrected chi connectivity index (χ3v) is 16.7. The summed E-state index contributed by atoms with van der Waals surface area (Å²) in [5, 5.41) is 21.0. The highest BCUT2D eigenvalue weighted by Gasteiger charge is 2.66. The molecule has 0 bridgehead atoms. The second-order valence-electron chi connectivity index (χ2n) is 15.5. The second kappa shape index (κ2) is 15.1. The molecular weight excluding hydrogens is 746 g/mol. The number of methoxy groups -OCH3 is 1. The number of hydrogen-bond acceptors (Lipinski definition) is 8. The third kappa shape index (κ3) is 6.57. The van der Waals surface area contributed by atoms with Crippen LogP contribution in [0, 0.1) is 5.92 Å². The molecule has 0 aliphatic carbocycles. The van der Waals surface area contributed by atoms with Gasteiger partial charge in [0.2, 0.25) is 0 Å². The number of halogens is 1. The predicted octanol–water partition coefficient (Wildman–Crippen LogP) is 6.87. The van der Waals surface area contributed by atoms with Crippen molar-refractivity contribution >= 4 is 48.2 Å². The Morgan fingerprint density at radius 2 is 1.77 bits per heavy atom. The largest absolute Gasteiger partial charge is 0.497 e. The topological polar surface area (TPSA) is 119 Å². The highest BCUT2D eigenvalue weighted by molar-refractivity contribution is 6.91. The number of aliphatic hydroxyl groups excluding tert-OH is 1. The number of nitrogens with zero attached hydrogens (tertiary/aromatic N) is 5. The van der Waals surface area contributed by atoms with Crippen molar-refractivity contribution in [3.8, 4) is 5.75 Å². The number of aromatic nitrogens is 3. The molecule has 2 fully saturated rings.